The number of imidazole rings is 1. The van der Waals surface area contributed by atoms with Crippen LogP contribution in [0.4, 0.5) is 8.78 Å². The van der Waals surface area contributed by atoms with Crippen LogP contribution in [0.3, 0.4) is 0 Å². The fraction of sp³-hybridized carbons (Fsp3) is 0.125. The summed E-state index contributed by atoms with van der Waals surface area (Å²) in [6.45, 7) is -2.83. The molecule has 0 radical (unpaired) electrons. The Kier molecular flexibility index (Phi) is 2.37. The maximum absolute atomic E-state index is 12.0. The van der Waals surface area contributed by atoms with Crippen molar-refractivity contribution in [3.05, 3.63) is 22.9 Å². The molecule has 74 valence electrons. The van der Waals surface area contributed by atoms with Crippen molar-refractivity contribution in [3.8, 4) is 5.75 Å². The lowest BCUT2D eigenvalue weighted by molar-refractivity contribution is -0.0489. The van der Waals surface area contributed by atoms with Crippen LogP contribution in [-0.2, 0) is 0 Å². The van der Waals surface area contributed by atoms with Gasteiger partial charge in [0.25, 0.3) is 0 Å². The van der Waals surface area contributed by atoms with Crippen LogP contribution in [0.2, 0.25) is 0 Å². The van der Waals surface area contributed by atoms with Gasteiger partial charge in [-0.25, -0.2) is 4.98 Å². The Morgan fingerprint density at radius 1 is 1.43 bits per heavy atom. The molecule has 1 aromatic carbocycles. The number of ether oxygens (including phenoxy) is 1. The molecule has 6 heteroatoms. The number of H-pyrrole nitrogens is 1. The van der Waals surface area contributed by atoms with Crippen molar-refractivity contribution in [2.75, 3.05) is 0 Å². The van der Waals surface area contributed by atoms with E-state index in [2.05, 4.69) is 30.6 Å². The van der Waals surface area contributed by atoms with Gasteiger partial charge in [0.05, 0.1) is 6.33 Å². The minimum atomic E-state index is -2.83. The number of hydrogen-bond donors (Lipinski definition) is 1. The monoisotopic (exact) mass is 262 g/mol. The van der Waals surface area contributed by atoms with Gasteiger partial charge in [0.15, 0.2) is 5.75 Å². The van der Waals surface area contributed by atoms with Gasteiger partial charge in [-0.15, -0.1) is 0 Å². The van der Waals surface area contributed by atoms with Crippen molar-refractivity contribution in [2.24, 2.45) is 0 Å². The summed E-state index contributed by atoms with van der Waals surface area (Å²) in [5, 5.41) is 0. The third-order valence-corrected chi connectivity index (χ3v) is 2.35. The van der Waals surface area contributed by atoms with Gasteiger partial charge < -0.3 is 9.72 Å². The van der Waals surface area contributed by atoms with E-state index in [-0.39, 0.29) is 5.75 Å². The van der Waals surface area contributed by atoms with Gasteiger partial charge in [-0.3, -0.25) is 0 Å². The Bertz CT molecular complexity index is 458. The van der Waals surface area contributed by atoms with Crippen LogP contribution in [0.15, 0.2) is 22.9 Å². The van der Waals surface area contributed by atoms with E-state index in [0.717, 1.165) is 4.47 Å². The largest absolute Gasteiger partial charge is 0.433 e. The van der Waals surface area contributed by atoms with Gasteiger partial charge in [-0.2, -0.15) is 8.78 Å². The first-order chi connectivity index (χ1) is 6.68. The summed E-state index contributed by atoms with van der Waals surface area (Å²) >= 11 is 3.25. The van der Waals surface area contributed by atoms with Gasteiger partial charge in [0.2, 0.25) is 0 Å². The van der Waals surface area contributed by atoms with Crippen molar-refractivity contribution in [3.63, 3.8) is 0 Å². The van der Waals surface area contributed by atoms with E-state index in [1.54, 1.807) is 6.07 Å². The molecule has 0 atom stereocenters. The van der Waals surface area contributed by atoms with Crippen LogP contribution < -0.4 is 4.74 Å². The average Bonchev–Trinajstić information content (AvgIpc) is 2.58. The van der Waals surface area contributed by atoms with Crippen molar-refractivity contribution >= 4 is 27.0 Å². The SMILES string of the molecule is FC(F)Oc1ccc(Br)c2nc[nH]c12. The zero-order chi connectivity index (χ0) is 10.1. The number of hydrogen-bond acceptors (Lipinski definition) is 2. The summed E-state index contributed by atoms with van der Waals surface area (Å²) in [6, 6.07) is 3.07. The number of aromatic amines is 1. The van der Waals surface area contributed by atoms with E-state index in [4.69, 9.17) is 0 Å². The van der Waals surface area contributed by atoms with E-state index in [0.29, 0.717) is 11.0 Å². The molecule has 1 N–H and O–H groups in total. The minimum absolute atomic E-state index is 0.0932. The summed E-state index contributed by atoms with van der Waals surface area (Å²) in [5.74, 6) is 0.0932. The molecule has 0 amide bonds. The molecule has 1 aromatic heterocycles. The van der Waals surface area contributed by atoms with Crippen LogP contribution in [-0.4, -0.2) is 16.6 Å². The highest BCUT2D eigenvalue weighted by atomic mass is 79.9. The van der Waals surface area contributed by atoms with Gasteiger partial charge in [-0.05, 0) is 28.1 Å². The molecule has 2 rings (SSSR count). The van der Waals surface area contributed by atoms with Crippen LogP contribution in [0, 0.1) is 0 Å². The molecule has 0 aliphatic carbocycles. The standard InChI is InChI=1S/C8H5BrF2N2O/c9-4-1-2-5(14-8(10)11)7-6(4)12-3-13-7/h1-3,8H,(H,12,13). The highest BCUT2D eigenvalue weighted by molar-refractivity contribution is 9.10. The maximum Gasteiger partial charge on any atom is 0.387 e. The van der Waals surface area contributed by atoms with Crippen molar-refractivity contribution in [2.45, 2.75) is 6.61 Å². The molecular weight excluding hydrogens is 258 g/mol. The molecule has 0 bridgehead atoms. The number of halogens is 3. The molecule has 0 saturated carbocycles. The second-order valence-electron chi connectivity index (χ2n) is 2.55. The first-order valence-corrected chi connectivity index (χ1v) is 4.54. The normalized spacial score (nSPS) is 11.1. The van der Waals surface area contributed by atoms with Gasteiger partial charge in [0.1, 0.15) is 11.0 Å². The number of fused-ring (bicyclic) bond motifs is 1. The van der Waals surface area contributed by atoms with Crippen LogP contribution in [0.5, 0.6) is 5.75 Å². The first-order valence-electron chi connectivity index (χ1n) is 3.75. The predicted octanol–water partition coefficient (Wildman–Crippen LogP) is 2.93. The molecule has 0 unspecified atom stereocenters. The highest BCUT2D eigenvalue weighted by Gasteiger charge is 2.11. The molecule has 14 heavy (non-hydrogen) atoms. The van der Waals surface area contributed by atoms with E-state index >= 15 is 0 Å². The van der Waals surface area contributed by atoms with Crippen molar-refractivity contribution in [1.82, 2.24) is 9.97 Å². The first kappa shape index (κ1) is 9.39. The Morgan fingerprint density at radius 3 is 2.93 bits per heavy atom. The maximum atomic E-state index is 12.0. The summed E-state index contributed by atoms with van der Waals surface area (Å²) < 4.78 is 29.0. The second-order valence-corrected chi connectivity index (χ2v) is 3.40. The number of benzene rings is 1. The van der Waals surface area contributed by atoms with Gasteiger partial charge in [0, 0.05) is 4.47 Å². The van der Waals surface area contributed by atoms with E-state index in [1.165, 1.54) is 12.4 Å². The lowest BCUT2D eigenvalue weighted by atomic mass is 10.3. The van der Waals surface area contributed by atoms with Crippen LogP contribution in [0.1, 0.15) is 0 Å². The molecule has 3 nitrogen and oxygen atoms in total. The zero-order valence-electron chi connectivity index (χ0n) is 6.80. The third kappa shape index (κ3) is 1.57. The van der Waals surface area contributed by atoms with Gasteiger partial charge in [-0.1, -0.05) is 0 Å². The zero-order valence-corrected chi connectivity index (χ0v) is 8.38. The fourth-order valence-electron chi connectivity index (χ4n) is 1.17. The van der Waals surface area contributed by atoms with Crippen LogP contribution >= 0.6 is 15.9 Å². The Hall–Kier alpha value is -1.17. The van der Waals surface area contributed by atoms with Crippen LogP contribution in [0.25, 0.3) is 11.0 Å². The molecule has 0 aliphatic rings. The molecule has 0 saturated heterocycles. The second kappa shape index (κ2) is 3.53. The van der Waals surface area contributed by atoms with Crippen molar-refractivity contribution < 1.29 is 13.5 Å². The summed E-state index contributed by atoms with van der Waals surface area (Å²) in [5.41, 5.74) is 1.03. The molecule has 0 aliphatic heterocycles. The Balaban J connectivity index is 2.55. The number of nitrogens with zero attached hydrogens (tertiary/aromatic N) is 1. The Labute approximate surface area is 86.2 Å². The molecule has 2 aromatic rings. The molecule has 0 fully saturated rings. The Morgan fingerprint density at radius 2 is 2.21 bits per heavy atom. The quantitative estimate of drug-likeness (QED) is 0.904. The lowest BCUT2D eigenvalue weighted by Crippen LogP contribution is -2.02. The highest BCUT2D eigenvalue weighted by Crippen LogP contribution is 2.29. The van der Waals surface area contributed by atoms with E-state index < -0.39 is 6.61 Å². The predicted molar refractivity (Wildman–Crippen MR) is 50.4 cm³/mol. The number of aromatic nitrogens is 2. The average molecular weight is 263 g/mol. The van der Waals surface area contributed by atoms with E-state index in [1.807, 2.05) is 0 Å². The minimum Gasteiger partial charge on any atom is -0.433 e. The fourth-order valence-corrected chi connectivity index (χ4v) is 1.60. The number of nitrogens with one attached hydrogen (secondary N) is 1. The number of alkyl halides is 2. The molecular formula is C8H5BrF2N2O. The summed E-state index contributed by atoms with van der Waals surface area (Å²) in [6.07, 6.45) is 1.42. The third-order valence-electron chi connectivity index (χ3n) is 1.71. The smallest absolute Gasteiger partial charge is 0.387 e. The molecule has 0 spiro atoms. The topological polar surface area (TPSA) is 37.9 Å². The summed E-state index contributed by atoms with van der Waals surface area (Å²) in [7, 11) is 0. The lowest BCUT2D eigenvalue weighted by Gasteiger charge is -2.05. The summed E-state index contributed by atoms with van der Waals surface area (Å²) in [4.78, 5) is 6.69. The van der Waals surface area contributed by atoms with Crippen molar-refractivity contribution in [1.29, 1.82) is 0 Å². The van der Waals surface area contributed by atoms with Gasteiger partial charge >= 0.3 is 6.61 Å². The number of rotatable bonds is 2. The molecule has 1 heterocycles. The van der Waals surface area contributed by atoms with E-state index in [9.17, 15) is 8.78 Å².